The molecule has 3 N–H and O–H groups in total. The molecule has 3 atom stereocenters. The molecule has 0 aliphatic carbocycles. The van der Waals surface area contributed by atoms with Gasteiger partial charge >= 0.3 is 18.0 Å². The minimum atomic E-state index is -5.26. The average molecular weight is 629 g/mol. The van der Waals surface area contributed by atoms with Gasteiger partial charge < -0.3 is 34.7 Å². The van der Waals surface area contributed by atoms with E-state index in [1.54, 1.807) is 62.3 Å². The van der Waals surface area contributed by atoms with Gasteiger partial charge in [0.2, 0.25) is 22.2 Å². The Kier molecular flexibility index (Phi) is 14.6. The second kappa shape index (κ2) is 15.6. The first-order valence-corrected chi connectivity index (χ1v) is 14.5. The van der Waals surface area contributed by atoms with E-state index in [9.17, 15) is 36.9 Å². The summed E-state index contributed by atoms with van der Waals surface area (Å²) in [5, 5.41) is 6.78. The summed E-state index contributed by atoms with van der Waals surface area (Å²) in [5.74, 6) is -3.90. The first-order valence-electron chi connectivity index (χ1n) is 12.6. The van der Waals surface area contributed by atoms with Gasteiger partial charge in [-0.2, -0.15) is 12.6 Å². The number of nitrogens with one attached hydrogen (secondary N) is 3. The van der Waals surface area contributed by atoms with Crippen LogP contribution in [0.3, 0.4) is 0 Å². The predicted octanol–water partition coefficient (Wildman–Crippen LogP) is 0.720. The first kappa shape index (κ1) is 38.4. The molecule has 41 heavy (non-hydrogen) atoms. The number of hydrogen-bond donors (Lipinski definition) is 4. The lowest BCUT2D eigenvalue weighted by Gasteiger charge is -2.27. The van der Waals surface area contributed by atoms with Gasteiger partial charge in [0.05, 0.1) is 6.61 Å². The molecule has 238 valence electrons. The van der Waals surface area contributed by atoms with Crippen LogP contribution in [0.5, 0.6) is 0 Å². The second-order valence-corrected chi connectivity index (χ2v) is 13.3. The highest BCUT2D eigenvalue weighted by atomic mass is 32.3. The quantitative estimate of drug-likeness (QED) is 0.0730. The van der Waals surface area contributed by atoms with Crippen molar-refractivity contribution in [2.45, 2.75) is 110 Å². The van der Waals surface area contributed by atoms with Crippen LogP contribution in [0.1, 0.15) is 75.2 Å². The molecule has 0 aromatic rings. The number of rotatable bonds is 13. The molecule has 0 bridgehead atoms. The van der Waals surface area contributed by atoms with Crippen molar-refractivity contribution in [1.29, 1.82) is 0 Å². The van der Waals surface area contributed by atoms with Crippen molar-refractivity contribution >= 4 is 52.9 Å². The first-order chi connectivity index (χ1) is 18.3. The molecule has 0 aromatic heterocycles. The van der Waals surface area contributed by atoms with E-state index < -0.39 is 88.2 Å². The summed E-state index contributed by atoms with van der Waals surface area (Å²) in [7, 11) is -5.26. The molecule has 0 heterocycles. The van der Waals surface area contributed by atoms with Crippen molar-refractivity contribution in [2.75, 3.05) is 12.4 Å². The summed E-state index contributed by atoms with van der Waals surface area (Å²) in [5.41, 5.74) is -2.70. The van der Waals surface area contributed by atoms with E-state index in [0.29, 0.717) is 0 Å². The van der Waals surface area contributed by atoms with E-state index in [0.717, 1.165) is 0 Å². The van der Waals surface area contributed by atoms with Gasteiger partial charge in [-0.05, 0) is 68.7 Å². The fourth-order valence-electron chi connectivity index (χ4n) is 2.77. The highest BCUT2D eigenvalue weighted by Gasteiger charge is 2.32. The van der Waals surface area contributed by atoms with Crippen molar-refractivity contribution in [2.24, 2.45) is 0 Å². The Morgan fingerprint density at radius 1 is 0.732 bits per heavy atom. The van der Waals surface area contributed by atoms with E-state index in [2.05, 4.69) is 32.8 Å². The normalized spacial score (nSPS) is 14.6. The zero-order valence-corrected chi connectivity index (χ0v) is 26.5. The second-order valence-electron chi connectivity index (χ2n) is 11.9. The summed E-state index contributed by atoms with van der Waals surface area (Å²) in [6, 6.07) is -4.38. The molecule has 3 amide bonds. The maximum Gasteiger partial charge on any atom is 0.408 e. The highest BCUT2D eigenvalue weighted by Crippen LogP contribution is 2.13. The molecular weight excluding hydrogens is 586 g/mol. The molecule has 0 spiro atoms. The molecule has 0 rings (SSSR count). The number of carbonyl (C=O) groups excluding carboxylic acids is 5. The molecule has 17 heteroatoms. The van der Waals surface area contributed by atoms with Crippen LogP contribution in [0.25, 0.3) is 0 Å². The van der Waals surface area contributed by atoms with Gasteiger partial charge in [-0.1, -0.05) is 0 Å². The number of esters is 2. The lowest BCUT2D eigenvalue weighted by molar-refractivity contribution is -0.158. The number of amides is 3. The lowest BCUT2D eigenvalue weighted by atomic mass is 10.1. The zero-order valence-electron chi connectivity index (χ0n) is 24.8. The smallest absolute Gasteiger partial charge is 0.408 e. The van der Waals surface area contributed by atoms with Gasteiger partial charge in [0.25, 0.3) is 0 Å². The third-order valence-electron chi connectivity index (χ3n) is 4.26. The highest BCUT2D eigenvalue weighted by molar-refractivity contribution is 7.80. The van der Waals surface area contributed by atoms with Crippen LogP contribution in [0, 0.1) is 0 Å². The molecule has 0 aliphatic rings. The standard InChI is InChI=1S/C24H43N3O12S2/c1-22(2,3)37-19(30)14(27-21(32)39-24(7,8)9)10-11-17(28)25-15(12-36-41(33,34)35)18(29)26-16(13-40)20(31)38-23(4,5)6/h14-16,40H,10-13H2,1-9H3,(H,25,28)(H,26,29)(H,27,32)(H,33,34,35)/p-1/t14-,15-,16-/m0/s1. The molecule has 0 aliphatic heterocycles. The summed E-state index contributed by atoms with van der Waals surface area (Å²) in [4.78, 5) is 62.8. The molecule has 0 saturated carbocycles. The van der Waals surface area contributed by atoms with Gasteiger partial charge in [-0.3, -0.25) is 13.8 Å². The number of thiol groups is 1. The van der Waals surface area contributed by atoms with E-state index in [1.807, 2.05) is 0 Å². The molecule has 0 aromatic carbocycles. The van der Waals surface area contributed by atoms with Crippen LogP contribution in [0.4, 0.5) is 4.79 Å². The van der Waals surface area contributed by atoms with Gasteiger partial charge in [-0.15, -0.1) is 0 Å². The molecular formula is C24H42N3O12S2-. The number of ether oxygens (including phenoxy) is 3. The van der Waals surface area contributed by atoms with E-state index >= 15 is 0 Å². The summed E-state index contributed by atoms with van der Waals surface area (Å²) < 4.78 is 52.7. The van der Waals surface area contributed by atoms with Crippen molar-refractivity contribution < 1.29 is 55.3 Å². The van der Waals surface area contributed by atoms with Gasteiger partial charge in [0.1, 0.15) is 34.9 Å². The molecule has 0 unspecified atom stereocenters. The average Bonchev–Trinajstić information content (AvgIpc) is 2.73. The minimum Gasteiger partial charge on any atom is -0.726 e. The maximum atomic E-state index is 12.8. The fraction of sp³-hybridized carbons (Fsp3) is 0.792. The number of hydrogen-bond acceptors (Lipinski definition) is 13. The Morgan fingerprint density at radius 2 is 1.20 bits per heavy atom. The van der Waals surface area contributed by atoms with Crippen molar-refractivity contribution in [3.63, 3.8) is 0 Å². The Hall–Kier alpha value is -2.63. The van der Waals surface area contributed by atoms with E-state index in [-0.39, 0.29) is 12.2 Å². The third-order valence-corrected chi connectivity index (χ3v) is 5.05. The maximum absolute atomic E-state index is 12.8. The van der Waals surface area contributed by atoms with Gasteiger partial charge in [0.15, 0.2) is 0 Å². The van der Waals surface area contributed by atoms with Gasteiger partial charge in [0, 0.05) is 12.2 Å². The molecule has 0 radical (unpaired) electrons. The van der Waals surface area contributed by atoms with Crippen LogP contribution in [0.15, 0.2) is 0 Å². The Bertz CT molecular complexity index is 1040. The monoisotopic (exact) mass is 628 g/mol. The SMILES string of the molecule is CC(C)(C)OC(=O)N[C@@H](CCC(=O)N[C@@H](COS(=O)(=O)[O-])C(=O)N[C@@H](CS)C(=O)OC(C)(C)C)C(=O)OC(C)(C)C. The van der Waals surface area contributed by atoms with Crippen molar-refractivity contribution in [1.82, 2.24) is 16.0 Å². The van der Waals surface area contributed by atoms with Crippen LogP contribution in [0.2, 0.25) is 0 Å². The summed E-state index contributed by atoms with van der Waals surface area (Å²) in [6.07, 6.45) is -1.73. The van der Waals surface area contributed by atoms with E-state index in [4.69, 9.17) is 14.2 Å². The fourth-order valence-corrected chi connectivity index (χ4v) is 3.32. The Labute approximate surface area is 246 Å². The largest absolute Gasteiger partial charge is 0.726 e. The number of alkyl carbamates (subject to hydrolysis) is 1. The lowest BCUT2D eigenvalue weighted by Crippen LogP contribution is -2.55. The van der Waals surface area contributed by atoms with Crippen LogP contribution in [-0.4, -0.2) is 90.1 Å². The van der Waals surface area contributed by atoms with Crippen LogP contribution < -0.4 is 16.0 Å². The molecule has 15 nitrogen and oxygen atoms in total. The minimum absolute atomic E-state index is 0.212. The van der Waals surface area contributed by atoms with Crippen LogP contribution >= 0.6 is 12.6 Å². The van der Waals surface area contributed by atoms with E-state index in [1.165, 1.54) is 0 Å². The molecule has 0 fully saturated rings. The summed E-state index contributed by atoms with van der Waals surface area (Å²) in [6.45, 7) is 13.3. The van der Waals surface area contributed by atoms with Gasteiger partial charge in [-0.25, -0.2) is 22.8 Å². The zero-order chi connectivity index (χ0) is 32.4. The number of carbonyl (C=O) groups is 5. The predicted molar refractivity (Wildman–Crippen MR) is 147 cm³/mol. The topological polar surface area (TPSA) is 216 Å². The Balaban J connectivity index is 5.66. The van der Waals surface area contributed by atoms with Crippen molar-refractivity contribution in [3.05, 3.63) is 0 Å². The van der Waals surface area contributed by atoms with Crippen molar-refractivity contribution in [3.8, 4) is 0 Å². The van der Waals surface area contributed by atoms with Crippen LogP contribution in [-0.2, 0) is 48.0 Å². The summed E-state index contributed by atoms with van der Waals surface area (Å²) >= 11 is 4.00. The molecule has 0 saturated heterocycles. The Morgan fingerprint density at radius 3 is 1.61 bits per heavy atom. The third kappa shape index (κ3) is 19.2.